The molecule has 19 heteroatoms. The van der Waals surface area contributed by atoms with E-state index >= 15 is 0 Å². The molecule has 8 amide bonds. The summed E-state index contributed by atoms with van der Waals surface area (Å²) >= 11 is 0. The van der Waals surface area contributed by atoms with Crippen LogP contribution in [0.4, 0.5) is 9.59 Å². The van der Waals surface area contributed by atoms with Gasteiger partial charge in [-0.25, -0.2) is 9.59 Å². The average Bonchev–Trinajstić information content (AvgIpc) is 3.74. The number of rotatable bonds is 23. The van der Waals surface area contributed by atoms with E-state index in [0.717, 1.165) is 21.7 Å². The van der Waals surface area contributed by atoms with Gasteiger partial charge in [0.2, 0.25) is 35.4 Å². The smallest absolute Gasteiger partial charge is 0.408 e. The summed E-state index contributed by atoms with van der Waals surface area (Å²) < 4.78 is 10.6. The van der Waals surface area contributed by atoms with Gasteiger partial charge in [0, 0.05) is 42.9 Å². The molecule has 0 radical (unpaired) electrons. The van der Waals surface area contributed by atoms with Crippen LogP contribution in [0.1, 0.15) is 91.3 Å². The molecule has 4 aromatic carbocycles. The summed E-state index contributed by atoms with van der Waals surface area (Å²) in [5.74, 6) is -4.41. The summed E-state index contributed by atoms with van der Waals surface area (Å²) in [5.41, 5.74) is 7.09. The van der Waals surface area contributed by atoms with E-state index in [1.807, 2.05) is 66.7 Å². The van der Waals surface area contributed by atoms with E-state index in [2.05, 4.69) is 42.2 Å². The second-order valence-electron chi connectivity index (χ2n) is 20.3. The highest BCUT2D eigenvalue weighted by Gasteiger charge is 2.33. The maximum Gasteiger partial charge on any atom is 0.408 e. The Bertz CT molecular complexity index is 2770. The molecule has 0 saturated heterocycles. The number of amides is 8. The number of hydrogen-bond acceptors (Lipinski definition) is 10. The molecule has 5 aromatic rings. The lowest BCUT2D eigenvalue weighted by Gasteiger charge is -2.27. The Labute approximate surface area is 431 Å². The SMILES string of the molecule is C[C@H](NC(=O)[C@@H](Cc1ccc2ccccc2c1)NC(=O)[C@@H](C)NC(=O)OC(C)(C)C)C(=O)N[C@@H](Cc1c[nH]c2ccccc12)C(=O)N[C@H](Cc1ccccc1)C(=O)N[C@@H](CCCCNC(=O)OC(C)(C)C)C(N)=O. The van der Waals surface area contributed by atoms with Crippen LogP contribution >= 0.6 is 0 Å². The second kappa shape index (κ2) is 26.1. The molecule has 74 heavy (non-hydrogen) atoms. The Morgan fingerprint density at radius 2 is 1.04 bits per heavy atom. The van der Waals surface area contributed by atoms with Crippen LogP contribution in [-0.2, 0) is 57.5 Å². The lowest BCUT2D eigenvalue weighted by molar-refractivity contribution is -0.134. The van der Waals surface area contributed by atoms with Crippen LogP contribution in [0.3, 0.4) is 0 Å². The fourth-order valence-electron chi connectivity index (χ4n) is 7.93. The second-order valence-corrected chi connectivity index (χ2v) is 20.3. The summed E-state index contributed by atoms with van der Waals surface area (Å²) in [4.78, 5) is 111. The minimum atomic E-state index is -1.32. The number of unbranched alkanes of at least 4 members (excludes halogenated alkanes) is 1. The Hall–Kier alpha value is -7.96. The number of carbonyl (C=O) groups is 8. The van der Waals surface area contributed by atoms with Crippen LogP contribution in [0, 0.1) is 0 Å². The van der Waals surface area contributed by atoms with Crippen LogP contribution < -0.4 is 43.0 Å². The van der Waals surface area contributed by atoms with Crippen molar-refractivity contribution in [3.63, 3.8) is 0 Å². The minimum Gasteiger partial charge on any atom is -0.444 e. The predicted molar refractivity (Wildman–Crippen MR) is 281 cm³/mol. The van der Waals surface area contributed by atoms with E-state index in [9.17, 15) is 38.4 Å². The number of nitrogens with two attached hydrogens (primary N) is 1. The largest absolute Gasteiger partial charge is 0.444 e. The summed E-state index contributed by atoms with van der Waals surface area (Å²) in [6, 6.07) is 22.3. The van der Waals surface area contributed by atoms with Crippen LogP contribution in [-0.4, -0.2) is 107 Å². The Balaban J connectivity index is 1.35. The molecule has 6 atom stereocenters. The van der Waals surface area contributed by atoms with Gasteiger partial charge in [-0.3, -0.25) is 28.8 Å². The van der Waals surface area contributed by atoms with Gasteiger partial charge < -0.3 is 57.4 Å². The first kappa shape index (κ1) is 56.9. The molecule has 0 saturated carbocycles. The van der Waals surface area contributed by atoms with Crippen molar-refractivity contribution in [2.75, 3.05) is 6.54 Å². The van der Waals surface area contributed by atoms with Crippen molar-refractivity contribution in [2.24, 2.45) is 5.73 Å². The average molecular weight is 1020 g/mol. The number of aromatic nitrogens is 1. The van der Waals surface area contributed by atoms with Gasteiger partial charge in [-0.05, 0) is 108 Å². The highest BCUT2D eigenvalue weighted by atomic mass is 16.6. The number of ether oxygens (including phenoxy) is 2. The molecule has 1 heterocycles. The standard InChI is InChI=1S/C55H71N9O10/c1-33(59-49(68)44(30-36-25-26-37-20-12-13-21-38(37)28-36)62-48(67)34(2)60-53(72)74-55(6,7)8)47(66)63-45(31-39-32-58-41-23-15-14-22-40(39)41)51(70)64-43(29-35-18-10-9-11-19-35)50(69)61-42(46(56)65)24-16-17-27-57-52(71)73-54(3,4)5/h9-15,18-23,25-26,28,32-34,42-45,58H,16-17,24,27,29-31H2,1-8H3,(H2,56,65)(H,57,71)(H,59,68)(H,60,72)(H,61,69)(H,62,67)(H,63,66)(H,64,70)/t33-,34+,42-,43+,44+,45-/m0/s1. The van der Waals surface area contributed by atoms with Gasteiger partial charge >= 0.3 is 12.2 Å². The normalized spacial score (nSPS) is 13.9. The molecule has 0 aliphatic carbocycles. The van der Waals surface area contributed by atoms with Gasteiger partial charge in [0.25, 0.3) is 0 Å². The number of benzene rings is 4. The first-order valence-corrected chi connectivity index (χ1v) is 24.8. The van der Waals surface area contributed by atoms with Gasteiger partial charge in [-0.2, -0.15) is 0 Å². The van der Waals surface area contributed by atoms with Crippen molar-refractivity contribution in [3.05, 3.63) is 120 Å². The van der Waals surface area contributed by atoms with Gasteiger partial charge in [0.05, 0.1) is 0 Å². The van der Waals surface area contributed by atoms with E-state index < -0.39 is 95.1 Å². The third-order valence-corrected chi connectivity index (χ3v) is 11.7. The molecular formula is C55H71N9O10. The molecular weight excluding hydrogens is 947 g/mol. The molecule has 10 N–H and O–H groups in total. The minimum absolute atomic E-state index is 0.000142. The van der Waals surface area contributed by atoms with Gasteiger partial charge in [-0.1, -0.05) is 91.0 Å². The predicted octanol–water partition coefficient (Wildman–Crippen LogP) is 4.89. The van der Waals surface area contributed by atoms with Crippen molar-refractivity contribution in [3.8, 4) is 0 Å². The fourth-order valence-corrected chi connectivity index (χ4v) is 7.93. The highest BCUT2D eigenvalue weighted by Crippen LogP contribution is 2.21. The van der Waals surface area contributed by atoms with Gasteiger partial charge in [0.15, 0.2) is 0 Å². The highest BCUT2D eigenvalue weighted by molar-refractivity contribution is 5.97. The molecule has 0 aliphatic rings. The molecule has 0 bridgehead atoms. The van der Waals surface area contributed by atoms with Crippen LogP contribution in [0.15, 0.2) is 103 Å². The lowest BCUT2D eigenvalue weighted by atomic mass is 10.0. The van der Waals surface area contributed by atoms with E-state index in [-0.39, 0.29) is 32.2 Å². The molecule has 0 aliphatic heterocycles. The molecule has 5 rings (SSSR count). The van der Waals surface area contributed by atoms with E-state index in [1.165, 1.54) is 13.8 Å². The quantitative estimate of drug-likeness (QED) is 0.0400. The van der Waals surface area contributed by atoms with E-state index in [4.69, 9.17) is 15.2 Å². The van der Waals surface area contributed by atoms with Crippen molar-refractivity contribution < 1.29 is 47.8 Å². The Morgan fingerprint density at radius 3 is 1.68 bits per heavy atom. The van der Waals surface area contributed by atoms with E-state index in [1.54, 1.807) is 78.1 Å². The topological polar surface area (TPSA) is 281 Å². The van der Waals surface area contributed by atoms with Crippen molar-refractivity contribution >= 4 is 69.3 Å². The first-order valence-electron chi connectivity index (χ1n) is 24.8. The Morgan fingerprint density at radius 1 is 0.527 bits per heavy atom. The van der Waals surface area contributed by atoms with Crippen molar-refractivity contribution in [1.82, 2.24) is 42.2 Å². The van der Waals surface area contributed by atoms with E-state index in [0.29, 0.717) is 29.5 Å². The fraction of sp³-hybridized carbons (Fsp3) is 0.418. The number of alkyl carbamates (subject to hydrolysis) is 2. The summed E-state index contributed by atoms with van der Waals surface area (Å²) in [5, 5.41) is 21.5. The van der Waals surface area contributed by atoms with Crippen LogP contribution in [0.2, 0.25) is 0 Å². The third-order valence-electron chi connectivity index (χ3n) is 11.7. The number of carbonyl (C=O) groups excluding carboxylic acids is 8. The summed E-state index contributed by atoms with van der Waals surface area (Å²) in [6.45, 7) is 13.4. The summed E-state index contributed by atoms with van der Waals surface area (Å²) in [7, 11) is 0. The number of aromatic amines is 1. The molecule has 0 spiro atoms. The number of fused-ring (bicyclic) bond motifs is 2. The third kappa shape index (κ3) is 18.3. The van der Waals surface area contributed by atoms with Gasteiger partial charge in [0.1, 0.15) is 47.5 Å². The molecule has 396 valence electrons. The number of nitrogens with one attached hydrogen (secondary N) is 8. The van der Waals surface area contributed by atoms with Crippen LogP contribution in [0.25, 0.3) is 21.7 Å². The zero-order valence-corrected chi connectivity index (χ0v) is 43.4. The monoisotopic (exact) mass is 1020 g/mol. The molecule has 1 aromatic heterocycles. The first-order chi connectivity index (χ1) is 34.9. The number of H-pyrrole nitrogens is 1. The number of primary amides is 1. The number of para-hydroxylation sites is 1. The lowest BCUT2D eigenvalue weighted by Crippen LogP contribution is -2.60. The number of hydrogen-bond donors (Lipinski definition) is 9. The molecule has 0 fully saturated rings. The zero-order valence-electron chi connectivity index (χ0n) is 43.4. The zero-order chi connectivity index (χ0) is 54.2. The molecule has 0 unspecified atom stereocenters. The van der Waals surface area contributed by atoms with Crippen molar-refractivity contribution in [2.45, 2.75) is 141 Å². The maximum absolute atomic E-state index is 14.6. The Kier molecular flexibility index (Phi) is 20.1. The maximum atomic E-state index is 14.6. The molecule has 19 nitrogen and oxygen atoms in total. The van der Waals surface area contributed by atoms with Crippen LogP contribution in [0.5, 0.6) is 0 Å². The van der Waals surface area contributed by atoms with Gasteiger partial charge in [-0.15, -0.1) is 0 Å². The van der Waals surface area contributed by atoms with Crippen molar-refractivity contribution in [1.29, 1.82) is 0 Å². The summed E-state index contributed by atoms with van der Waals surface area (Å²) in [6.07, 6.45) is 1.25.